The fourth-order valence-electron chi connectivity index (χ4n) is 4.47. The van der Waals surface area contributed by atoms with E-state index in [2.05, 4.69) is 37.1 Å². The zero-order valence-electron chi connectivity index (χ0n) is 18.4. The molecule has 1 saturated heterocycles. The number of sulfonamides is 1. The molecule has 0 aliphatic carbocycles. The van der Waals surface area contributed by atoms with Gasteiger partial charge in [0, 0.05) is 42.3 Å². The number of hydrogen-bond acceptors (Lipinski definition) is 5. The lowest BCUT2D eigenvalue weighted by atomic mass is 9.97. The molecule has 2 aromatic carbocycles. The molecule has 5 rings (SSSR count). The molecular formula is C24H28N6O2S. The number of rotatable bonds is 8. The minimum Gasteiger partial charge on any atom is -0.360 e. The van der Waals surface area contributed by atoms with Gasteiger partial charge in [0.2, 0.25) is 10.0 Å². The van der Waals surface area contributed by atoms with Gasteiger partial charge in [-0.25, -0.2) is 13.1 Å². The first kappa shape index (κ1) is 21.8. The van der Waals surface area contributed by atoms with Crippen LogP contribution in [0.15, 0.2) is 71.9 Å². The van der Waals surface area contributed by atoms with Gasteiger partial charge in [0.05, 0.1) is 11.1 Å². The van der Waals surface area contributed by atoms with E-state index >= 15 is 0 Å². The van der Waals surface area contributed by atoms with Crippen LogP contribution in [0, 0.1) is 5.92 Å². The number of aromatic nitrogens is 4. The molecule has 0 atom stereocenters. The highest BCUT2D eigenvalue weighted by atomic mass is 32.2. The van der Waals surface area contributed by atoms with Crippen LogP contribution < -0.4 is 4.72 Å². The largest absolute Gasteiger partial charge is 0.360 e. The Hall–Kier alpha value is -3.01. The van der Waals surface area contributed by atoms with Gasteiger partial charge in [-0.15, -0.1) is 5.10 Å². The highest BCUT2D eigenvalue weighted by molar-refractivity contribution is 7.89. The third-order valence-electron chi connectivity index (χ3n) is 6.33. The molecule has 0 bridgehead atoms. The Balaban J connectivity index is 1.10. The van der Waals surface area contributed by atoms with Crippen molar-refractivity contribution in [1.82, 2.24) is 29.6 Å². The summed E-state index contributed by atoms with van der Waals surface area (Å²) in [5.41, 5.74) is 3.06. The van der Waals surface area contributed by atoms with Gasteiger partial charge in [0.25, 0.3) is 0 Å². The second kappa shape index (κ2) is 9.46. The van der Waals surface area contributed by atoms with Crippen LogP contribution in [0.4, 0.5) is 0 Å². The molecule has 9 heteroatoms. The summed E-state index contributed by atoms with van der Waals surface area (Å²) in [6.45, 7) is 3.90. The van der Waals surface area contributed by atoms with E-state index in [1.54, 1.807) is 24.3 Å². The average molecular weight is 465 g/mol. The molecule has 0 saturated carbocycles. The topological polar surface area (TPSA) is 95.9 Å². The average Bonchev–Trinajstić information content (AvgIpc) is 3.47. The van der Waals surface area contributed by atoms with E-state index in [1.165, 1.54) is 0 Å². The van der Waals surface area contributed by atoms with E-state index < -0.39 is 10.0 Å². The van der Waals surface area contributed by atoms with Crippen molar-refractivity contribution in [3.05, 3.63) is 67.0 Å². The Morgan fingerprint density at radius 3 is 2.61 bits per heavy atom. The number of para-hydroxylation sites is 1. The van der Waals surface area contributed by atoms with Gasteiger partial charge in [0.1, 0.15) is 5.69 Å². The number of likely N-dealkylation sites (tertiary alicyclic amines) is 1. The van der Waals surface area contributed by atoms with Crippen molar-refractivity contribution < 1.29 is 8.42 Å². The smallest absolute Gasteiger partial charge is 0.240 e. The maximum atomic E-state index is 12.3. The van der Waals surface area contributed by atoms with Gasteiger partial charge in [0.15, 0.2) is 0 Å². The van der Waals surface area contributed by atoms with Crippen LogP contribution in [0.25, 0.3) is 22.2 Å². The lowest BCUT2D eigenvalue weighted by Crippen LogP contribution is -2.40. The monoisotopic (exact) mass is 464 g/mol. The number of nitrogens with zero attached hydrogens (tertiary/aromatic N) is 4. The summed E-state index contributed by atoms with van der Waals surface area (Å²) >= 11 is 0. The minimum atomic E-state index is -3.44. The quantitative estimate of drug-likeness (QED) is 0.418. The predicted octanol–water partition coefficient (Wildman–Crippen LogP) is 3.12. The second-order valence-corrected chi connectivity index (χ2v) is 10.3. The maximum Gasteiger partial charge on any atom is 0.240 e. The number of benzene rings is 2. The zero-order chi connectivity index (χ0) is 22.7. The summed E-state index contributed by atoms with van der Waals surface area (Å²) in [5, 5.41) is 9.91. The third-order valence-corrected chi connectivity index (χ3v) is 7.81. The molecule has 1 aliphatic heterocycles. The van der Waals surface area contributed by atoms with Gasteiger partial charge < -0.3 is 9.88 Å². The van der Waals surface area contributed by atoms with Crippen LogP contribution in [0.2, 0.25) is 0 Å². The summed E-state index contributed by atoms with van der Waals surface area (Å²) in [6.07, 6.45) is 6.14. The summed E-state index contributed by atoms with van der Waals surface area (Å²) in [6, 6.07) is 16.7. The van der Waals surface area contributed by atoms with Gasteiger partial charge in [-0.3, -0.25) is 4.68 Å². The van der Waals surface area contributed by atoms with Gasteiger partial charge in [-0.05, 0) is 50.0 Å². The summed E-state index contributed by atoms with van der Waals surface area (Å²) in [4.78, 5) is 5.92. The Morgan fingerprint density at radius 2 is 1.79 bits per heavy atom. The highest BCUT2D eigenvalue weighted by Gasteiger charge is 2.21. The normalized spacial score (nSPS) is 15.9. The minimum absolute atomic E-state index is 0.309. The summed E-state index contributed by atoms with van der Waals surface area (Å²) in [7, 11) is -3.44. The number of hydrogen-bond donors (Lipinski definition) is 2. The van der Waals surface area contributed by atoms with Crippen LogP contribution in [-0.2, 0) is 16.6 Å². The molecular weight excluding hydrogens is 436 g/mol. The molecule has 2 aromatic heterocycles. The van der Waals surface area contributed by atoms with Crippen LogP contribution >= 0.6 is 0 Å². The van der Waals surface area contributed by atoms with Gasteiger partial charge >= 0.3 is 0 Å². The fourth-order valence-corrected chi connectivity index (χ4v) is 5.51. The molecule has 8 nitrogen and oxygen atoms in total. The molecule has 1 aliphatic rings. The van der Waals surface area contributed by atoms with Crippen molar-refractivity contribution in [2.24, 2.45) is 5.92 Å². The number of nitrogens with one attached hydrogen (secondary N) is 2. The van der Waals surface area contributed by atoms with E-state index in [1.807, 2.05) is 35.3 Å². The van der Waals surface area contributed by atoms with Gasteiger partial charge in [-0.2, -0.15) is 0 Å². The first-order valence-corrected chi connectivity index (χ1v) is 12.8. The SMILES string of the molecule is O=S(=O)(NCCN1CCC(Cn2cc(-c3c[nH]c4ccccc34)nn2)CC1)c1ccccc1. The molecule has 0 amide bonds. The molecule has 1 fully saturated rings. The number of piperidine rings is 1. The van der Waals surface area contributed by atoms with E-state index in [0.717, 1.165) is 54.6 Å². The lowest BCUT2D eigenvalue weighted by molar-refractivity contribution is 0.173. The first-order valence-electron chi connectivity index (χ1n) is 11.3. The second-order valence-electron chi connectivity index (χ2n) is 8.57. The van der Waals surface area contributed by atoms with Crippen LogP contribution in [0.5, 0.6) is 0 Å². The fraction of sp³-hybridized carbons (Fsp3) is 0.333. The third kappa shape index (κ3) is 5.00. The lowest BCUT2D eigenvalue weighted by Gasteiger charge is -2.31. The predicted molar refractivity (Wildman–Crippen MR) is 128 cm³/mol. The van der Waals surface area contributed by atoms with Crippen molar-refractivity contribution in [3.63, 3.8) is 0 Å². The van der Waals surface area contributed by atoms with E-state index in [4.69, 9.17) is 0 Å². The Morgan fingerprint density at radius 1 is 1.03 bits per heavy atom. The summed E-state index contributed by atoms with van der Waals surface area (Å²) < 4.78 is 29.3. The number of H-pyrrole nitrogens is 1. The molecule has 0 radical (unpaired) electrons. The van der Waals surface area contributed by atoms with E-state index in [0.29, 0.717) is 23.9 Å². The Labute approximate surface area is 193 Å². The van der Waals surface area contributed by atoms with Crippen molar-refractivity contribution >= 4 is 20.9 Å². The molecule has 33 heavy (non-hydrogen) atoms. The summed E-state index contributed by atoms with van der Waals surface area (Å²) in [5.74, 6) is 0.541. The van der Waals surface area contributed by atoms with Crippen molar-refractivity contribution in [3.8, 4) is 11.3 Å². The Kier molecular flexibility index (Phi) is 6.26. The maximum absolute atomic E-state index is 12.3. The molecule has 172 valence electrons. The standard InChI is InChI=1S/C24H28N6O2S/c31-33(32,20-6-2-1-3-7-20)26-12-15-29-13-10-19(11-14-29)17-30-18-24(27-28-30)22-16-25-23-9-5-4-8-21(22)23/h1-9,16,18-19,25-26H,10-15,17H2. The van der Waals surface area contributed by atoms with E-state index in [-0.39, 0.29) is 0 Å². The van der Waals surface area contributed by atoms with Crippen LogP contribution in [-0.4, -0.2) is 59.5 Å². The van der Waals surface area contributed by atoms with E-state index in [9.17, 15) is 8.42 Å². The van der Waals surface area contributed by atoms with Gasteiger partial charge in [-0.1, -0.05) is 41.6 Å². The molecule has 2 N–H and O–H groups in total. The van der Waals surface area contributed by atoms with Crippen molar-refractivity contribution in [2.45, 2.75) is 24.3 Å². The molecule has 0 spiro atoms. The number of fused-ring (bicyclic) bond motifs is 1. The first-order chi connectivity index (χ1) is 16.1. The zero-order valence-corrected chi connectivity index (χ0v) is 19.2. The van der Waals surface area contributed by atoms with Crippen LogP contribution in [0.1, 0.15) is 12.8 Å². The Bertz CT molecular complexity index is 1310. The highest BCUT2D eigenvalue weighted by Crippen LogP contribution is 2.27. The van der Waals surface area contributed by atoms with Crippen molar-refractivity contribution in [2.75, 3.05) is 26.2 Å². The molecule has 0 unspecified atom stereocenters. The molecule has 4 aromatic rings. The van der Waals surface area contributed by atoms with Crippen LogP contribution in [0.3, 0.4) is 0 Å². The van der Waals surface area contributed by atoms with Crippen molar-refractivity contribution in [1.29, 1.82) is 0 Å². The number of aromatic amines is 1. The molecule has 3 heterocycles.